The number of nitrogens with zero attached hydrogens (tertiary/aromatic N) is 1. The van der Waals surface area contributed by atoms with Gasteiger partial charge in [-0.2, -0.15) is 0 Å². The van der Waals surface area contributed by atoms with Gasteiger partial charge in [0.25, 0.3) is 0 Å². The van der Waals surface area contributed by atoms with E-state index >= 15 is 0 Å². The van der Waals surface area contributed by atoms with Crippen LogP contribution in [-0.2, 0) is 0 Å². The van der Waals surface area contributed by atoms with E-state index in [0.717, 1.165) is 12.6 Å². The van der Waals surface area contributed by atoms with Crippen molar-refractivity contribution < 1.29 is 0 Å². The summed E-state index contributed by atoms with van der Waals surface area (Å²) in [5.74, 6) is 0. The molecule has 1 aromatic rings. The van der Waals surface area contributed by atoms with E-state index in [-0.39, 0.29) is 0 Å². The lowest BCUT2D eigenvalue weighted by atomic mass is 10.0. The molecule has 2 nitrogen and oxygen atoms in total. The number of hydrogen-bond donors (Lipinski definition) is 1. The maximum absolute atomic E-state index is 3.65. The molecule has 2 heteroatoms. The fourth-order valence-electron chi connectivity index (χ4n) is 3.15. The van der Waals surface area contributed by atoms with Crippen LogP contribution in [-0.4, -0.2) is 30.6 Å². The zero-order chi connectivity index (χ0) is 14.4. The molecule has 0 spiro atoms. The minimum Gasteiger partial charge on any atom is -0.310 e. The zero-order valence-corrected chi connectivity index (χ0v) is 13.4. The molecule has 1 aliphatic heterocycles. The molecule has 2 rings (SSSR count). The van der Waals surface area contributed by atoms with Gasteiger partial charge in [-0.05, 0) is 65.2 Å². The highest BCUT2D eigenvalue weighted by atomic mass is 15.2. The van der Waals surface area contributed by atoms with Crippen molar-refractivity contribution in [2.45, 2.75) is 58.5 Å². The number of rotatable bonds is 6. The maximum Gasteiger partial charge on any atom is 0.0291 e. The Morgan fingerprint density at radius 2 is 2.20 bits per heavy atom. The molecule has 1 fully saturated rings. The summed E-state index contributed by atoms with van der Waals surface area (Å²) in [7, 11) is 0. The van der Waals surface area contributed by atoms with Crippen molar-refractivity contribution in [2.24, 2.45) is 0 Å². The Labute approximate surface area is 124 Å². The van der Waals surface area contributed by atoms with E-state index in [0.29, 0.717) is 6.04 Å². The Balaban J connectivity index is 1.67. The Morgan fingerprint density at radius 3 is 2.95 bits per heavy atom. The van der Waals surface area contributed by atoms with Crippen molar-refractivity contribution in [3.05, 3.63) is 35.4 Å². The molecule has 1 heterocycles. The standard InChI is InChI=1S/C18H30N2/c1-15-8-6-10-18(14-15)17(3)19-11-7-13-20-12-5-4-9-16(20)2/h6,8,10,14,16-17,19H,4-5,7,9,11-13H2,1-3H3. The number of piperidine rings is 1. The molecule has 0 radical (unpaired) electrons. The predicted octanol–water partition coefficient (Wildman–Crippen LogP) is 3.91. The highest BCUT2D eigenvalue weighted by molar-refractivity contribution is 5.24. The fourth-order valence-corrected chi connectivity index (χ4v) is 3.15. The van der Waals surface area contributed by atoms with Crippen LogP contribution in [0.1, 0.15) is 56.7 Å². The minimum absolute atomic E-state index is 0.452. The average molecular weight is 274 g/mol. The van der Waals surface area contributed by atoms with Crippen LogP contribution < -0.4 is 5.32 Å². The lowest BCUT2D eigenvalue weighted by Crippen LogP contribution is -2.39. The summed E-state index contributed by atoms with van der Waals surface area (Å²) in [5.41, 5.74) is 2.75. The molecule has 2 atom stereocenters. The first kappa shape index (κ1) is 15.5. The highest BCUT2D eigenvalue weighted by Gasteiger charge is 2.17. The molecule has 1 aromatic carbocycles. The lowest BCUT2D eigenvalue weighted by molar-refractivity contribution is 0.158. The Morgan fingerprint density at radius 1 is 1.35 bits per heavy atom. The zero-order valence-electron chi connectivity index (χ0n) is 13.4. The molecule has 0 amide bonds. The molecule has 0 bridgehead atoms. The average Bonchev–Trinajstić information content (AvgIpc) is 2.45. The second kappa shape index (κ2) is 7.80. The normalized spacial score (nSPS) is 21.9. The van der Waals surface area contributed by atoms with Crippen LogP contribution in [0.3, 0.4) is 0 Å². The van der Waals surface area contributed by atoms with Gasteiger partial charge < -0.3 is 10.2 Å². The number of aryl methyl sites for hydroxylation is 1. The lowest BCUT2D eigenvalue weighted by Gasteiger charge is -2.33. The van der Waals surface area contributed by atoms with Crippen molar-refractivity contribution in [3.8, 4) is 0 Å². The van der Waals surface area contributed by atoms with E-state index in [1.54, 1.807) is 0 Å². The summed E-state index contributed by atoms with van der Waals surface area (Å²) in [5, 5.41) is 3.65. The van der Waals surface area contributed by atoms with Gasteiger partial charge in [-0.3, -0.25) is 0 Å². The third kappa shape index (κ3) is 4.60. The SMILES string of the molecule is Cc1cccc(C(C)NCCCN2CCCCC2C)c1. The Kier molecular flexibility index (Phi) is 6.06. The third-order valence-electron chi connectivity index (χ3n) is 4.56. The summed E-state index contributed by atoms with van der Waals surface area (Å²) in [4.78, 5) is 2.66. The summed E-state index contributed by atoms with van der Waals surface area (Å²) in [6.07, 6.45) is 5.44. The molecule has 0 aliphatic carbocycles. The van der Waals surface area contributed by atoms with Crippen LogP contribution in [0.4, 0.5) is 0 Å². The highest BCUT2D eigenvalue weighted by Crippen LogP contribution is 2.17. The van der Waals surface area contributed by atoms with Crippen molar-refractivity contribution in [1.82, 2.24) is 10.2 Å². The van der Waals surface area contributed by atoms with Crippen LogP contribution in [0.2, 0.25) is 0 Å². The molecule has 20 heavy (non-hydrogen) atoms. The Bertz CT molecular complexity index is 402. The smallest absolute Gasteiger partial charge is 0.0291 e. The van der Waals surface area contributed by atoms with Gasteiger partial charge in [-0.1, -0.05) is 36.2 Å². The van der Waals surface area contributed by atoms with E-state index in [9.17, 15) is 0 Å². The predicted molar refractivity (Wildman–Crippen MR) is 87.1 cm³/mol. The van der Waals surface area contributed by atoms with Crippen LogP contribution in [0.15, 0.2) is 24.3 Å². The molecule has 2 unspecified atom stereocenters. The van der Waals surface area contributed by atoms with Gasteiger partial charge in [-0.15, -0.1) is 0 Å². The first-order chi connectivity index (χ1) is 9.66. The first-order valence-electron chi connectivity index (χ1n) is 8.21. The minimum atomic E-state index is 0.452. The molecule has 0 saturated carbocycles. The monoisotopic (exact) mass is 274 g/mol. The molecular weight excluding hydrogens is 244 g/mol. The van der Waals surface area contributed by atoms with Gasteiger partial charge in [-0.25, -0.2) is 0 Å². The molecule has 1 saturated heterocycles. The van der Waals surface area contributed by atoms with E-state index in [1.807, 2.05) is 0 Å². The van der Waals surface area contributed by atoms with Crippen LogP contribution in [0.5, 0.6) is 0 Å². The summed E-state index contributed by atoms with van der Waals surface area (Å²) in [6, 6.07) is 10.1. The molecule has 1 aliphatic rings. The molecule has 1 N–H and O–H groups in total. The van der Waals surface area contributed by atoms with Crippen LogP contribution in [0, 0.1) is 6.92 Å². The van der Waals surface area contributed by atoms with E-state index in [2.05, 4.69) is 55.3 Å². The second-order valence-corrected chi connectivity index (χ2v) is 6.32. The first-order valence-corrected chi connectivity index (χ1v) is 8.21. The van der Waals surface area contributed by atoms with E-state index in [1.165, 1.54) is 49.9 Å². The molecule has 112 valence electrons. The van der Waals surface area contributed by atoms with Gasteiger partial charge in [0.1, 0.15) is 0 Å². The van der Waals surface area contributed by atoms with Gasteiger partial charge in [0, 0.05) is 12.1 Å². The third-order valence-corrected chi connectivity index (χ3v) is 4.56. The number of likely N-dealkylation sites (tertiary alicyclic amines) is 1. The number of nitrogens with one attached hydrogen (secondary N) is 1. The number of hydrogen-bond acceptors (Lipinski definition) is 2. The molecular formula is C18H30N2. The summed E-state index contributed by atoms with van der Waals surface area (Å²) in [6.45, 7) is 10.5. The van der Waals surface area contributed by atoms with Crippen molar-refractivity contribution in [2.75, 3.05) is 19.6 Å². The van der Waals surface area contributed by atoms with Gasteiger partial charge in [0.2, 0.25) is 0 Å². The quantitative estimate of drug-likeness (QED) is 0.791. The van der Waals surface area contributed by atoms with Crippen molar-refractivity contribution in [3.63, 3.8) is 0 Å². The van der Waals surface area contributed by atoms with Crippen molar-refractivity contribution >= 4 is 0 Å². The van der Waals surface area contributed by atoms with Gasteiger partial charge in [0.15, 0.2) is 0 Å². The van der Waals surface area contributed by atoms with Crippen LogP contribution in [0.25, 0.3) is 0 Å². The number of benzene rings is 1. The van der Waals surface area contributed by atoms with E-state index < -0.39 is 0 Å². The second-order valence-electron chi connectivity index (χ2n) is 6.32. The Hall–Kier alpha value is -0.860. The van der Waals surface area contributed by atoms with Gasteiger partial charge >= 0.3 is 0 Å². The van der Waals surface area contributed by atoms with Crippen LogP contribution >= 0.6 is 0 Å². The van der Waals surface area contributed by atoms with E-state index in [4.69, 9.17) is 0 Å². The van der Waals surface area contributed by atoms with Gasteiger partial charge in [0.05, 0.1) is 0 Å². The topological polar surface area (TPSA) is 15.3 Å². The maximum atomic E-state index is 3.65. The van der Waals surface area contributed by atoms with Crippen molar-refractivity contribution in [1.29, 1.82) is 0 Å². The molecule has 0 aromatic heterocycles. The summed E-state index contributed by atoms with van der Waals surface area (Å²) < 4.78 is 0. The summed E-state index contributed by atoms with van der Waals surface area (Å²) >= 11 is 0. The largest absolute Gasteiger partial charge is 0.310 e. The fraction of sp³-hybridized carbons (Fsp3) is 0.667.